The first kappa shape index (κ1) is 17.0. The maximum Gasteiger partial charge on any atom is 0.138 e. The van der Waals surface area contributed by atoms with Crippen LogP contribution in [0.1, 0.15) is 41.6 Å². The van der Waals surface area contributed by atoms with E-state index in [0.29, 0.717) is 16.9 Å². The molecular formula is C29H28N2O. The lowest BCUT2D eigenvalue weighted by atomic mass is 9.83. The van der Waals surface area contributed by atoms with Crippen molar-refractivity contribution in [3.63, 3.8) is 0 Å². The Morgan fingerprint density at radius 2 is 1.62 bits per heavy atom. The highest BCUT2D eigenvalue weighted by atomic mass is 16.3. The van der Waals surface area contributed by atoms with Crippen LogP contribution in [0.4, 0.5) is 0 Å². The van der Waals surface area contributed by atoms with Gasteiger partial charge >= 0.3 is 0 Å². The van der Waals surface area contributed by atoms with Crippen molar-refractivity contribution in [2.24, 2.45) is 0 Å². The second kappa shape index (κ2) is 7.23. The molecule has 1 N–H and O–H groups in total. The Hall–Kier alpha value is -3.59. The number of phenols is 1. The molecule has 0 aliphatic heterocycles. The molecule has 0 bridgehead atoms. The number of aromatic nitrogens is 2. The molecule has 0 fully saturated rings. The lowest BCUT2D eigenvalue weighted by molar-refractivity contribution is 0.476. The number of para-hydroxylation sites is 1. The summed E-state index contributed by atoms with van der Waals surface area (Å²) in [6.07, 6.45) is 1.72. The summed E-state index contributed by atoms with van der Waals surface area (Å²) < 4.78 is 26.8. The summed E-state index contributed by atoms with van der Waals surface area (Å²) in [6, 6.07) is 21.1. The minimum absolute atomic E-state index is 0.169. The summed E-state index contributed by atoms with van der Waals surface area (Å²) >= 11 is 0. The monoisotopic (exact) mass is 423 g/mol. The van der Waals surface area contributed by atoms with Crippen molar-refractivity contribution < 1.29 is 9.22 Å². The average molecular weight is 424 g/mol. The highest BCUT2D eigenvalue weighted by Gasteiger charge is 2.18. The maximum absolute atomic E-state index is 10.2. The number of benzene rings is 3. The molecule has 0 aliphatic carbocycles. The van der Waals surface area contributed by atoms with Crippen LogP contribution in [-0.2, 0) is 5.41 Å². The van der Waals surface area contributed by atoms with Crippen LogP contribution in [0.15, 0.2) is 72.9 Å². The number of hydrogen-bond acceptors (Lipinski definition) is 2. The predicted octanol–water partition coefficient (Wildman–Crippen LogP) is 7.47. The van der Waals surface area contributed by atoms with E-state index in [2.05, 4.69) is 37.9 Å². The number of rotatable bonds is 2. The predicted molar refractivity (Wildman–Crippen MR) is 134 cm³/mol. The molecule has 3 aromatic carbocycles. The SMILES string of the molecule is [2H]C([2H])([2H])c1cc(C(C)(C)C)cc(C)c1-c1ccnc(-n2c3ccccc3c3ccc(O)cc32)c1. The molecule has 3 heteroatoms. The van der Waals surface area contributed by atoms with E-state index >= 15 is 0 Å². The molecule has 2 heterocycles. The van der Waals surface area contributed by atoms with Crippen LogP contribution in [0.5, 0.6) is 5.75 Å². The van der Waals surface area contributed by atoms with Gasteiger partial charge in [0.15, 0.2) is 0 Å². The van der Waals surface area contributed by atoms with Crippen LogP contribution in [0.2, 0.25) is 0 Å². The number of nitrogens with zero attached hydrogens (tertiary/aromatic N) is 2. The zero-order valence-corrected chi connectivity index (χ0v) is 18.8. The van der Waals surface area contributed by atoms with Gasteiger partial charge in [0.25, 0.3) is 0 Å². The molecule has 0 saturated heterocycles. The number of aromatic hydroxyl groups is 1. The Morgan fingerprint density at radius 1 is 0.875 bits per heavy atom. The molecule has 0 unspecified atom stereocenters. The number of pyridine rings is 1. The van der Waals surface area contributed by atoms with Gasteiger partial charge in [0.2, 0.25) is 0 Å². The summed E-state index contributed by atoms with van der Waals surface area (Å²) in [6.45, 7) is 5.98. The zero-order valence-electron chi connectivity index (χ0n) is 21.8. The highest BCUT2D eigenvalue weighted by Crippen LogP contribution is 2.36. The van der Waals surface area contributed by atoms with Gasteiger partial charge in [0.1, 0.15) is 11.6 Å². The summed E-state index contributed by atoms with van der Waals surface area (Å²) in [5, 5.41) is 12.3. The van der Waals surface area contributed by atoms with E-state index in [9.17, 15) is 5.11 Å². The molecule has 0 saturated carbocycles. The lowest BCUT2D eigenvalue weighted by Crippen LogP contribution is -2.12. The number of phenolic OH excluding ortho intramolecular Hbond substituents is 1. The van der Waals surface area contributed by atoms with Gasteiger partial charge in [-0.25, -0.2) is 4.98 Å². The van der Waals surface area contributed by atoms with E-state index in [1.54, 1.807) is 18.3 Å². The molecule has 2 aromatic heterocycles. The van der Waals surface area contributed by atoms with Crippen molar-refractivity contribution in [1.82, 2.24) is 9.55 Å². The summed E-state index contributed by atoms with van der Waals surface area (Å²) in [5.41, 5.74) is 5.41. The average Bonchev–Trinajstić information content (AvgIpc) is 3.10. The minimum Gasteiger partial charge on any atom is -0.508 e. The fourth-order valence-electron chi connectivity index (χ4n) is 4.51. The van der Waals surface area contributed by atoms with E-state index in [-0.39, 0.29) is 11.2 Å². The number of fused-ring (bicyclic) bond motifs is 3. The normalized spacial score (nSPS) is 13.8. The van der Waals surface area contributed by atoms with Gasteiger partial charge in [-0.3, -0.25) is 4.57 Å². The fraction of sp³-hybridized carbons (Fsp3) is 0.207. The Bertz CT molecular complexity index is 1590. The van der Waals surface area contributed by atoms with Crippen molar-refractivity contribution in [1.29, 1.82) is 0 Å². The zero-order chi connectivity index (χ0) is 25.1. The van der Waals surface area contributed by atoms with E-state index < -0.39 is 6.85 Å². The maximum atomic E-state index is 10.2. The number of aryl methyl sites for hydroxylation is 2. The minimum atomic E-state index is -2.26. The van der Waals surface area contributed by atoms with Gasteiger partial charge in [0.05, 0.1) is 11.0 Å². The largest absolute Gasteiger partial charge is 0.508 e. The quantitative estimate of drug-likeness (QED) is 0.320. The molecular weight excluding hydrogens is 392 g/mol. The van der Waals surface area contributed by atoms with Gasteiger partial charge in [0, 0.05) is 27.1 Å². The Morgan fingerprint density at radius 3 is 2.41 bits per heavy atom. The molecule has 0 spiro atoms. The van der Waals surface area contributed by atoms with Crippen molar-refractivity contribution in [3.05, 3.63) is 89.6 Å². The molecule has 0 amide bonds. The third-order valence-corrected chi connectivity index (χ3v) is 6.12. The van der Waals surface area contributed by atoms with Crippen LogP contribution in [0, 0.1) is 13.8 Å². The molecule has 3 nitrogen and oxygen atoms in total. The highest BCUT2D eigenvalue weighted by molar-refractivity contribution is 6.09. The van der Waals surface area contributed by atoms with Crippen molar-refractivity contribution in [2.45, 2.75) is 40.0 Å². The first-order valence-corrected chi connectivity index (χ1v) is 10.8. The Labute approximate surface area is 193 Å². The molecule has 160 valence electrons. The van der Waals surface area contributed by atoms with Crippen molar-refractivity contribution in [2.75, 3.05) is 0 Å². The molecule has 0 radical (unpaired) electrons. The van der Waals surface area contributed by atoms with Gasteiger partial charge < -0.3 is 5.11 Å². The third kappa shape index (κ3) is 3.25. The van der Waals surface area contributed by atoms with Crippen molar-refractivity contribution >= 4 is 21.8 Å². The fourth-order valence-corrected chi connectivity index (χ4v) is 4.51. The first-order valence-electron chi connectivity index (χ1n) is 12.3. The molecule has 0 atom stereocenters. The first-order chi connectivity index (χ1) is 16.4. The van der Waals surface area contributed by atoms with Gasteiger partial charge in [-0.15, -0.1) is 0 Å². The van der Waals surface area contributed by atoms with Crippen LogP contribution in [0.25, 0.3) is 38.8 Å². The lowest BCUT2D eigenvalue weighted by Gasteiger charge is -2.22. The van der Waals surface area contributed by atoms with E-state index in [0.717, 1.165) is 38.5 Å². The molecule has 0 aliphatic rings. The van der Waals surface area contributed by atoms with Crippen LogP contribution in [0.3, 0.4) is 0 Å². The van der Waals surface area contributed by atoms with Gasteiger partial charge in [-0.1, -0.05) is 51.1 Å². The smallest absolute Gasteiger partial charge is 0.138 e. The van der Waals surface area contributed by atoms with Gasteiger partial charge in [-0.2, -0.15) is 0 Å². The second-order valence-corrected chi connectivity index (χ2v) is 9.42. The second-order valence-electron chi connectivity index (χ2n) is 9.42. The Kier molecular flexibility index (Phi) is 3.85. The van der Waals surface area contributed by atoms with E-state index in [1.165, 1.54) is 0 Å². The van der Waals surface area contributed by atoms with Crippen molar-refractivity contribution in [3.8, 4) is 22.7 Å². The standard InChI is InChI=1S/C29H28N2O/c1-18-14-21(29(3,4)5)15-19(2)28(18)20-12-13-30-27(16-20)31-25-9-7-6-8-23(25)24-11-10-22(32)17-26(24)31/h6-17,32H,1-5H3/i1D3. The van der Waals surface area contributed by atoms with Crippen LogP contribution < -0.4 is 0 Å². The van der Waals surface area contributed by atoms with E-state index in [1.807, 2.05) is 54.0 Å². The molecule has 5 rings (SSSR count). The Balaban J connectivity index is 1.79. The molecule has 32 heavy (non-hydrogen) atoms. The van der Waals surface area contributed by atoms with Crippen LogP contribution >= 0.6 is 0 Å². The van der Waals surface area contributed by atoms with Gasteiger partial charge in [-0.05, 0) is 77.3 Å². The van der Waals surface area contributed by atoms with E-state index in [4.69, 9.17) is 4.11 Å². The summed E-state index contributed by atoms with van der Waals surface area (Å²) in [4.78, 5) is 4.66. The summed E-state index contributed by atoms with van der Waals surface area (Å²) in [5.74, 6) is 0.839. The number of hydrogen-bond donors (Lipinski definition) is 1. The van der Waals surface area contributed by atoms with Crippen LogP contribution in [-0.4, -0.2) is 14.7 Å². The molecule has 5 aromatic rings. The topological polar surface area (TPSA) is 38.0 Å². The summed E-state index contributed by atoms with van der Waals surface area (Å²) in [7, 11) is 0. The third-order valence-electron chi connectivity index (χ3n) is 6.12.